The molecule has 1 amide bonds. The zero-order valence-electron chi connectivity index (χ0n) is 10.4. The summed E-state index contributed by atoms with van der Waals surface area (Å²) in [6.07, 6.45) is 0. The molecule has 1 aromatic carbocycles. The number of benzene rings is 1. The van der Waals surface area contributed by atoms with Gasteiger partial charge in [0.25, 0.3) is 5.91 Å². The third kappa shape index (κ3) is 2.51. The van der Waals surface area contributed by atoms with Gasteiger partial charge in [0.2, 0.25) is 0 Å². The van der Waals surface area contributed by atoms with E-state index in [1.807, 2.05) is 43.3 Å². The molecule has 0 fully saturated rings. The average molecular weight is 271 g/mol. The van der Waals surface area contributed by atoms with Crippen molar-refractivity contribution in [3.05, 3.63) is 52.0 Å². The smallest absolute Gasteiger partial charge is 0.261 e. The van der Waals surface area contributed by atoms with Gasteiger partial charge in [0.15, 0.2) is 0 Å². The predicted octanol–water partition coefficient (Wildman–Crippen LogP) is 2.86. The highest BCUT2D eigenvalue weighted by molar-refractivity contribution is 7.13. The van der Waals surface area contributed by atoms with Gasteiger partial charge in [-0.3, -0.25) is 4.79 Å². The molecule has 0 spiro atoms. The lowest BCUT2D eigenvalue weighted by Gasteiger charge is -2.00. The van der Waals surface area contributed by atoms with Crippen molar-refractivity contribution in [2.75, 3.05) is 0 Å². The number of aromatic amines is 1. The van der Waals surface area contributed by atoms with E-state index >= 15 is 0 Å². The Bertz CT molecular complexity index is 696. The minimum atomic E-state index is -0.0569. The first-order valence-electron chi connectivity index (χ1n) is 6.00. The van der Waals surface area contributed by atoms with E-state index in [2.05, 4.69) is 15.3 Å². The van der Waals surface area contributed by atoms with Crippen LogP contribution in [-0.2, 0) is 6.54 Å². The molecule has 3 aromatic rings. The highest BCUT2D eigenvalue weighted by Crippen LogP contribution is 2.15. The Morgan fingerprint density at radius 2 is 2.16 bits per heavy atom. The monoisotopic (exact) mass is 271 g/mol. The predicted molar refractivity (Wildman–Crippen MR) is 76.3 cm³/mol. The number of imidazole rings is 1. The molecule has 2 N–H and O–H groups in total. The van der Waals surface area contributed by atoms with E-state index in [-0.39, 0.29) is 5.91 Å². The summed E-state index contributed by atoms with van der Waals surface area (Å²) in [6, 6.07) is 11.6. The second-order valence-electron chi connectivity index (χ2n) is 4.29. The van der Waals surface area contributed by atoms with E-state index in [4.69, 9.17) is 0 Å². The third-order valence-corrected chi connectivity index (χ3v) is 3.82. The van der Waals surface area contributed by atoms with Crippen LogP contribution in [0.25, 0.3) is 11.0 Å². The summed E-state index contributed by atoms with van der Waals surface area (Å²) in [7, 11) is 0. The number of carbonyl (C=O) groups is 1. The largest absolute Gasteiger partial charge is 0.344 e. The van der Waals surface area contributed by atoms with Crippen LogP contribution in [0.4, 0.5) is 0 Å². The van der Waals surface area contributed by atoms with E-state index in [0.717, 1.165) is 26.6 Å². The molecule has 0 saturated carbocycles. The van der Waals surface area contributed by atoms with E-state index in [9.17, 15) is 4.79 Å². The molecule has 0 aliphatic carbocycles. The maximum Gasteiger partial charge on any atom is 0.261 e. The fourth-order valence-corrected chi connectivity index (χ4v) is 2.68. The first-order valence-corrected chi connectivity index (χ1v) is 6.82. The van der Waals surface area contributed by atoms with Gasteiger partial charge in [-0.05, 0) is 31.2 Å². The van der Waals surface area contributed by atoms with Crippen LogP contribution >= 0.6 is 11.3 Å². The minimum absolute atomic E-state index is 0.0569. The van der Waals surface area contributed by atoms with Crippen molar-refractivity contribution in [1.82, 2.24) is 15.3 Å². The van der Waals surface area contributed by atoms with Gasteiger partial charge >= 0.3 is 0 Å². The Hall–Kier alpha value is -2.14. The summed E-state index contributed by atoms with van der Waals surface area (Å²) in [5.74, 6) is 0.710. The normalized spacial score (nSPS) is 10.8. The molecule has 2 aromatic heterocycles. The lowest BCUT2D eigenvalue weighted by atomic mass is 10.3. The van der Waals surface area contributed by atoms with Gasteiger partial charge in [-0.2, -0.15) is 0 Å². The third-order valence-electron chi connectivity index (χ3n) is 2.82. The molecule has 0 atom stereocenters. The van der Waals surface area contributed by atoms with Gasteiger partial charge in [-0.25, -0.2) is 4.98 Å². The summed E-state index contributed by atoms with van der Waals surface area (Å²) < 4.78 is 0. The topological polar surface area (TPSA) is 57.8 Å². The quantitative estimate of drug-likeness (QED) is 0.769. The number of nitrogens with one attached hydrogen (secondary N) is 2. The van der Waals surface area contributed by atoms with Crippen molar-refractivity contribution < 1.29 is 4.79 Å². The Balaban J connectivity index is 1.70. The second-order valence-corrected chi connectivity index (χ2v) is 5.58. The average Bonchev–Trinajstić information content (AvgIpc) is 3.01. The number of rotatable bonds is 3. The van der Waals surface area contributed by atoms with Crippen molar-refractivity contribution in [3.63, 3.8) is 0 Å². The zero-order chi connectivity index (χ0) is 13.2. The Labute approximate surface area is 114 Å². The number of carbonyl (C=O) groups excluding carboxylic acids is 1. The first kappa shape index (κ1) is 11.9. The van der Waals surface area contributed by atoms with Crippen LogP contribution in [0.15, 0.2) is 36.4 Å². The molecular weight excluding hydrogens is 258 g/mol. The lowest BCUT2D eigenvalue weighted by Crippen LogP contribution is -2.22. The highest BCUT2D eigenvalue weighted by Gasteiger charge is 2.08. The van der Waals surface area contributed by atoms with Gasteiger partial charge < -0.3 is 10.3 Å². The minimum Gasteiger partial charge on any atom is -0.344 e. The summed E-state index contributed by atoms with van der Waals surface area (Å²) in [4.78, 5) is 21.4. The molecule has 5 heteroatoms. The van der Waals surface area contributed by atoms with E-state index in [1.54, 1.807) is 0 Å². The number of para-hydroxylation sites is 2. The van der Waals surface area contributed by atoms with Gasteiger partial charge in [-0.1, -0.05) is 12.1 Å². The van der Waals surface area contributed by atoms with Crippen LogP contribution in [0, 0.1) is 6.92 Å². The van der Waals surface area contributed by atoms with E-state index < -0.39 is 0 Å². The lowest BCUT2D eigenvalue weighted by molar-refractivity contribution is 0.0954. The molecule has 0 bridgehead atoms. The molecule has 96 valence electrons. The van der Waals surface area contributed by atoms with Crippen molar-refractivity contribution in [3.8, 4) is 0 Å². The van der Waals surface area contributed by atoms with Crippen LogP contribution in [0.3, 0.4) is 0 Å². The number of thiophene rings is 1. The number of aromatic nitrogens is 2. The molecule has 4 nitrogen and oxygen atoms in total. The summed E-state index contributed by atoms with van der Waals surface area (Å²) >= 11 is 1.49. The Morgan fingerprint density at radius 3 is 2.89 bits per heavy atom. The number of aryl methyl sites for hydroxylation is 1. The van der Waals surface area contributed by atoms with Crippen molar-refractivity contribution >= 4 is 28.3 Å². The highest BCUT2D eigenvalue weighted by atomic mass is 32.1. The number of fused-ring (bicyclic) bond motifs is 1. The fraction of sp³-hybridized carbons (Fsp3) is 0.143. The fourth-order valence-electron chi connectivity index (χ4n) is 1.90. The SMILES string of the molecule is Cc1ccc(C(=O)NCc2nc3ccccc3[nH]2)s1. The molecule has 2 heterocycles. The standard InChI is InChI=1S/C14H13N3OS/c1-9-6-7-12(19-9)14(18)15-8-13-16-10-4-2-3-5-11(10)17-13/h2-7H,8H2,1H3,(H,15,18)(H,16,17). The molecule has 0 aliphatic rings. The van der Waals surface area contributed by atoms with E-state index in [1.165, 1.54) is 11.3 Å². The molecule has 3 rings (SSSR count). The van der Waals surface area contributed by atoms with Crippen LogP contribution in [0.2, 0.25) is 0 Å². The molecule has 0 aliphatic heterocycles. The summed E-state index contributed by atoms with van der Waals surface area (Å²) in [5.41, 5.74) is 1.90. The van der Waals surface area contributed by atoms with Crippen LogP contribution in [-0.4, -0.2) is 15.9 Å². The first-order chi connectivity index (χ1) is 9.22. The molecular formula is C14H13N3OS. The van der Waals surface area contributed by atoms with Gasteiger partial charge in [-0.15, -0.1) is 11.3 Å². The Morgan fingerprint density at radius 1 is 1.32 bits per heavy atom. The molecule has 19 heavy (non-hydrogen) atoms. The number of amides is 1. The van der Waals surface area contributed by atoms with Crippen LogP contribution < -0.4 is 5.32 Å². The maximum absolute atomic E-state index is 11.9. The zero-order valence-corrected chi connectivity index (χ0v) is 11.3. The van der Waals surface area contributed by atoms with Gasteiger partial charge in [0, 0.05) is 4.88 Å². The van der Waals surface area contributed by atoms with Crippen molar-refractivity contribution in [1.29, 1.82) is 0 Å². The second kappa shape index (κ2) is 4.85. The summed E-state index contributed by atoms with van der Waals surface area (Å²) in [5, 5.41) is 2.87. The number of hydrogen-bond donors (Lipinski definition) is 2. The molecule has 0 unspecified atom stereocenters. The number of nitrogens with zero attached hydrogens (tertiary/aromatic N) is 1. The number of hydrogen-bond acceptors (Lipinski definition) is 3. The molecule has 0 saturated heterocycles. The van der Waals surface area contributed by atoms with Gasteiger partial charge in [0.05, 0.1) is 22.5 Å². The van der Waals surface area contributed by atoms with E-state index in [0.29, 0.717) is 6.54 Å². The number of H-pyrrole nitrogens is 1. The van der Waals surface area contributed by atoms with Crippen LogP contribution in [0.1, 0.15) is 20.4 Å². The Kier molecular flexibility index (Phi) is 3.05. The van der Waals surface area contributed by atoms with Crippen molar-refractivity contribution in [2.45, 2.75) is 13.5 Å². The molecule has 0 radical (unpaired) electrons. The summed E-state index contributed by atoms with van der Waals surface area (Å²) in [6.45, 7) is 2.39. The van der Waals surface area contributed by atoms with Crippen LogP contribution in [0.5, 0.6) is 0 Å². The van der Waals surface area contributed by atoms with Gasteiger partial charge in [0.1, 0.15) is 5.82 Å². The van der Waals surface area contributed by atoms with Crippen molar-refractivity contribution in [2.24, 2.45) is 0 Å². The maximum atomic E-state index is 11.9.